The summed E-state index contributed by atoms with van der Waals surface area (Å²) in [5.41, 5.74) is -1.34. The Morgan fingerprint density at radius 1 is 0.878 bits per heavy atom. The highest BCUT2D eigenvalue weighted by atomic mass is 16.6. The van der Waals surface area contributed by atoms with Gasteiger partial charge in [-0.1, -0.05) is 62.4 Å². The average molecular weight is 549 g/mol. The van der Waals surface area contributed by atoms with E-state index in [9.17, 15) is 19.2 Å². The van der Waals surface area contributed by atoms with Crippen LogP contribution in [-0.4, -0.2) is 36.2 Å². The number of hydrogen-bond donors (Lipinski definition) is 1. The van der Waals surface area contributed by atoms with Crippen molar-refractivity contribution >= 4 is 34.8 Å². The number of ether oxygens (including phenoxy) is 2. The SMILES string of the molecule is COc1ccc(N2C(=O)C3(OC(=O)C(Nc4ccccc4)=C3C(=O)c3ccccc3)C3=C2CC(C)(C)CC3=O)cc1. The molecule has 0 saturated carbocycles. The zero-order valence-electron chi connectivity index (χ0n) is 22.9. The van der Waals surface area contributed by atoms with Crippen molar-refractivity contribution in [1.29, 1.82) is 0 Å². The number of rotatable bonds is 6. The molecule has 1 amide bonds. The summed E-state index contributed by atoms with van der Waals surface area (Å²) in [7, 11) is 1.54. The number of nitrogens with zero attached hydrogens (tertiary/aromatic N) is 1. The highest BCUT2D eigenvalue weighted by Crippen LogP contribution is 2.54. The number of carbonyl (C=O) groups excluding carboxylic acids is 4. The van der Waals surface area contributed by atoms with Crippen LogP contribution in [0.2, 0.25) is 0 Å². The monoisotopic (exact) mass is 548 g/mol. The lowest BCUT2D eigenvalue weighted by Crippen LogP contribution is -2.48. The number of para-hydroxylation sites is 1. The van der Waals surface area contributed by atoms with E-state index in [4.69, 9.17) is 9.47 Å². The molecule has 1 atom stereocenters. The molecule has 1 spiro atoms. The first-order valence-electron chi connectivity index (χ1n) is 13.3. The van der Waals surface area contributed by atoms with Gasteiger partial charge >= 0.3 is 5.97 Å². The topological polar surface area (TPSA) is 102 Å². The summed E-state index contributed by atoms with van der Waals surface area (Å²) in [4.78, 5) is 58.0. The highest BCUT2D eigenvalue weighted by Gasteiger charge is 2.68. The molecule has 2 aliphatic heterocycles. The molecule has 1 aliphatic carbocycles. The fraction of sp³-hybridized carbons (Fsp3) is 0.212. The number of nitrogens with one attached hydrogen (secondary N) is 1. The molecule has 6 rings (SSSR count). The van der Waals surface area contributed by atoms with Gasteiger partial charge in [0.1, 0.15) is 11.4 Å². The smallest absolute Gasteiger partial charge is 0.357 e. The molecule has 0 fully saturated rings. The summed E-state index contributed by atoms with van der Waals surface area (Å²) >= 11 is 0. The van der Waals surface area contributed by atoms with Gasteiger partial charge in [0.15, 0.2) is 11.6 Å². The molecule has 0 aromatic heterocycles. The van der Waals surface area contributed by atoms with Crippen molar-refractivity contribution in [1.82, 2.24) is 0 Å². The lowest BCUT2D eigenvalue weighted by molar-refractivity contribution is -0.152. The van der Waals surface area contributed by atoms with E-state index < -0.39 is 28.7 Å². The standard InChI is InChI=1S/C33H28N2O6/c1-32(2)18-24-26(25(36)19-32)33(31(39)35(24)22-14-16-23(40-3)17-15-22)27(29(37)20-10-6-4-7-11-20)28(30(38)41-33)34-21-12-8-5-9-13-21/h4-17,34H,18-19H2,1-3H3. The zero-order valence-corrected chi connectivity index (χ0v) is 22.9. The number of allylic oxidation sites excluding steroid dienone is 1. The lowest BCUT2D eigenvalue weighted by Gasteiger charge is -2.33. The molecular formula is C33H28N2O6. The average Bonchev–Trinajstić information content (AvgIpc) is 3.37. The third-order valence-corrected chi connectivity index (χ3v) is 7.67. The number of hydrogen-bond acceptors (Lipinski definition) is 7. The normalized spacial score (nSPS) is 21.3. The highest BCUT2D eigenvalue weighted by molar-refractivity contribution is 6.30. The van der Waals surface area contributed by atoms with Crippen LogP contribution in [0.3, 0.4) is 0 Å². The van der Waals surface area contributed by atoms with Gasteiger partial charge in [0.05, 0.1) is 18.3 Å². The van der Waals surface area contributed by atoms with Crippen molar-refractivity contribution in [3.8, 4) is 5.75 Å². The molecule has 3 aromatic rings. The van der Waals surface area contributed by atoms with Gasteiger partial charge in [0.25, 0.3) is 11.5 Å². The van der Waals surface area contributed by atoms with Gasteiger partial charge in [0.2, 0.25) is 0 Å². The quantitative estimate of drug-likeness (QED) is 0.332. The molecule has 0 bridgehead atoms. The molecule has 3 aromatic carbocycles. The number of benzene rings is 3. The Morgan fingerprint density at radius 2 is 1.51 bits per heavy atom. The summed E-state index contributed by atoms with van der Waals surface area (Å²) in [5, 5.41) is 3.02. The molecular weight excluding hydrogens is 520 g/mol. The van der Waals surface area contributed by atoms with E-state index in [2.05, 4.69) is 5.32 Å². The van der Waals surface area contributed by atoms with Crippen LogP contribution in [0.4, 0.5) is 11.4 Å². The van der Waals surface area contributed by atoms with Crippen molar-refractivity contribution in [3.05, 3.63) is 113 Å². The largest absolute Gasteiger partial charge is 0.497 e. The minimum absolute atomic E-state index is 0.0372. The molecule has 3 aliphatic rings. The summed E-state index contributed by atoms with van der Waals surface area (Å²) in [5.74, 6) is -1.90. The van der Waals surface area contributed by atoms with Gasteiger partial charge < -0.3 is 14.8 Å². The first kappa shape index (κ1) is 26.3. The van der Waals surface area contributed by atoms with Crippen molar-refractivity contribution in [2.75, 3.05) is 17.3 Å². The maximum absolute atomic E-state index is 14.7. The van der Waals surface area contributed by atoms with Crippen LogP contribution in [0, 0.1) is 5.41 Å². The van der Waals surface area contributed by atoms with Crippen molar-refractivity contribution in [2.24, 2.45) is 5.41 Å². The minimum Gasteiger partial charge on any atom is -0.497 e. The van der Waals surface area contributed by atoms with Crippen LogP contribution in [0.15, 0.2) is 107 Å². The van der Waals surface area contributed by atoms with Crippen molar-refractivity contribution in [3.63, 3.8) is 0 Å². The summed E-state index contributed by atoms with van der Waals surface area (Å²) in [6.45, 7) is 3.90. The van der Waals surface area contributed by atoms with Crippen LogP contribution in [0.25, 0.3) is 0 Å². The summed E-state index contributed by atoms with van der Waals surface area (Å²) < 4.78 is 11.3. The maximum Gasteiger partial charge on any atom is 0.357 e. The number of esters is 1. The number of Topliss-reactive ketones (excluding diaryl/α,β-unsaturated/α-hetero) is 2. The molecule has 8 heteroatoms. The lowest BCUT2D eigenvalue weighted by atomic mass is 9.71. The molecule has 0 saturated heterocycles. The molecule has 1 unspecified atom stereocenters. The zero-order chi connectivity index (χ0) is 28.9. The van der Waals surface area contributed by atoms with Crippen molar-refractivity contribution < 1.29 is 28.7 Å². The fourth-order valence-electron chi connectivity index (χ4n) is 5.90. The number of fused-ring (bicyclic) bond motifs is 1. The molecule has 206 valence electrons. The predicted molar refractivity (Wildman–Crippen MR) is 152 cm³/mol. The first-order valence-corrected chi connectivity index (χ1v) is 13.3. The van der Waals surface area contributed by atoms with E-state index in [1.165, 1.54) is 4.90 Å². The summed E-state index contributed by atoms with van der Waals surface area (Å²) in [6.07, 6.45) is 0.489. The van der Waals surface area contributed by atoms with E-state index in [1.54, 1.807) is 86.0 Å². The molecule has 1 N–H and O–H groups in total. The Bertz CT molecular complexity index is 1650. The van der Waals surface area contributed by atoms with E-state index in [-0.39, 0.29) is 34.6 Å². The van der Waals surface area contributed by atoms with Gasteiger partial charge in [-0.05, 0) is 48.2 Å². The number of amides is 1. The van der Waals surface area contributed by atoms with Crippen molar-refractivity contribution in [2.45, 2.75) is 32.3 Å². The Morgan fingerprint density at radius 3 is 2.15 bits per heavy atom. The van der Waals surface area contributed by atoms with Gasteiger partial charge in [-0.2, -0.15) is 0 Å². The van der Waals surface area contributed by atoms with Crippen LogP contribution in [0.5, 0.6) is 5.75 Å². The maximum atomic E-state index is 14.7. The third kappa shape index (κ3) is 4.14. The van der Waals surface area contributed by atoms with Gasteiger partial charge in [-0.3, -0.25) is 19.3 Å². The van der Waals surface area contributed by atoms with Crippen LogP contribution in [-0.2, 0) is 19.1 Å². The number of methoxy groups -OCH3 is 1. The van der Waals surface area contributed by atoms with E-state index in [0.717, 1.165) is 0 Å². The molecule has 8 nitrogen and oxygen atoms in total. The second-order valence-electron chi connectivity index (χ2n) is 11.1. The Labute approximate surface area is 237 Å². The molecule has 41 heavy (non-hydrogen) atoms. The summed E-state index contributed by atoms with van der Waals surface area (Å²) in [6, 6.07) is 24.0. The second kappa shape index (κ2) is 9.59. The first-order chi connectivity index (χ1) is 19.7. The molecule has 2 heterocycles. The second-order valence-corrected chi connectivity index (χ2v) is 11.1. The van der Waals surface area contributed by atoms with Crippen LogP contribution >= 0.6 is 0 Å². The van der Waals surface area contributed by atoms with Crippen LogP contribution in [0.1, 0.15) is 37.0 Å². The number of carbonyl (C=O) groups is 4. The Balaban J connectivity index is 1.62. The molecule has 0 radical (unpaired) electrons. The Hall–Kier alpha value is -4.98. The Kier molecular flexibility index (Phi) is 6.14. The minimum atomic E-state index is -2.23. The van der Waals surface area contributed by atoms with Gasteiger partial charge in [-0.25, -0.2) is 4.79 Å². The van der Waals surface area contributed by atoms with Gasteiger partial charge in [-0.15, -0.1) is 0 Å². The third-order valence-electron chi connectivity index (χ3n) is 7.67. The van der Waals surface area contributed by atoms with E-state index in [0.29, 0.717) is 29.2 Å². The fourth-order valence-corrected chi connectivity index (χ4v) is 5.90. The predicted octanol–water partition coefficient (Wildman–Crippen LogP) is 5.23. The van der Waals surface area contributed by atoms with E-state index >= 15 is 0 Å². The number of anilines is 2. The van der Waals surface area contributed by atoms with E-state index in [1.807, 2.05) is 19.9 Å². The van der Waals surface area contributed by atoms with Crippen LogP contribution < -0.4 is 15.0 Å². The van der Waals surface area contributed by atoms with Gasteiger partial charge in [0, 0.05) is 29.1 Å². The number of ketones is 2.